The fraction of sp³-hybridized carbons (Fsp3) is 0.812. The molecule has 1 fully saturated rings. The number of rotatable bonds is 9. The second kappa shape index (κ2) is 10.8. The Hall–Kier alpha value is -1.48. The number of esters is 3. The fourth-order valence-electron chi connectivity index (χ4n) is 2.72. The van der Waals surface area contributed by atoms with Crippen LogP contribution in [0.4, 0.5) is 0 Å². The van der Waals surface area contributed by atoms with E-state index in [1.54, 1.807) is 13.8 Å². The molecule has 156 valence electrons. The van der Waals surface area contributed by atoms with Gasteiger partial charge in [-0.1, -0.05) is 0 Å². The van der Waals surface area contributed by atoms with Crippen LogP contribution in [0.1, 0.15) is 34.6 Å². The highest BCUT2D eigenvalue weighted by Crippen LogP contribution is 2.56. The number of carbonyl (C=O) groups excluding carboxylic acids is 3. The van der Waals surface area contributed by atoms with E-state index in [2.05, 4.69) is 0 Å². The van der Waals surface area contributed by atoms with Gasteiger partial charge in [0.15, 0.2) is 12.2 Å². The van der Waals surface area contributed by atoms with Crippen molar-refractivity contribution in [2.45, 2.75) is 58.6 Å². The van der Waals surface area contributed by atoms with Crippen LogP contribution in [0.2, 0.25) is 0 Å². The van der Waals surface area contributed by atoms with Crippen molar-refractivity contribution in [3.8, 4) is 0 Å². The molecule has 11 heteroatoms. The van der Waals surface area contributed by atoms with Gasteiger partial charge in [0.05, 0.1) is 19.8 Å². The summed E-state index contributed by atoms with van der Waals surface area (Å²) in [6, 6.07) is 0. The zero-order chi connectivity index (χ0) is 20.6. The molecule has 1 aliphatic heterocycles. The Morgan fingerprint density at radius 3 is 1.89 bits per heavy atom. The summed E-state index contributed by atoms with van der Waals surface area (Å²) >= 11 is 0. The van der Waals surface area contributed by atoms with Crippen LogP contribution in [-0.4, -0.2) is 68.3 Å². The van der Waals surface area contributed by atoms with Crippen molar-refractivity contribution in [3.63, 3.8) is 0 Å². The monoisotopic (exact) mass is 410 g/mol. The first-order valence-corrected chi connectivity index (χ1v) is 10.2. The largest absolute Gasteiger partial charge is 0.463 e. The van der Waals surface area contributed by atoms with Crippen molar-refractivity contribution >= 4 is 25.5 Å². The first kappa shape index (κ1) is 23.6. The van der Waals surface area contributed by atoms with Gasteiger partial charge in [0, 0.05) is 20.8 Å². The van der Waals surface area contributed by atoms with Gasteiger partial charge in [-0.2, -0.15) is 0 Å². The summed E-state index contributed by atoms with van der Waals surface area (Å²) in [5, 5.41) is 0. The number of ether oxygens (including phenoxy) is 4. The van der Waals surface area contributed by atoms with Crippen LogP contribution in [0.15, 0.2) is 0 Å². The van der Waals surface area contributed by atoms with E-state index in [0.29, 0.717) is 0 Å². The summed E-state index contributed by atoms with van der Waals surface area (Å²) in [6.07, 6.45) is -3.22. The molecular weight excluding hydrogens is 383 g/mol. The Balaban J connectivity index is 3.24. The molecule has 0 aromatic carbocycles. The molecule has 4 atom stereocenters. The summed E-state index contributed by atoms with van der Waals surface area (Å²) in [5.41, 5.74) is -1.01. The molecule has 27 heavy (non-hydrogen) atoms. The third-order valence-corrected chi connectivity index (χ3v) is 6.12. The van der Waals surface area contributed by atoms with Crippen LogP contribution in [0.5, 0.6) is 0 Å². The average Bonchev–Trinajstić information content (AvgIpc) is 2.54. The van der Waals surface area contributed by atoms with Gasteiger partial charge < -0.3 is 28.0 Å². The van der Waals surface area contributed by atoms with Gasteiger partial charge in [-0.05, 0) is 13.8 Å². The summed E-state index contributed by atoms with van der Waals surface area (Å²) < 4.78 is 45.1. The molecule has 0 aliphatic carbocycles. The highest BCUT2D eigenvalue weighted by atomic mass is 31.2. The second-order valence-electron chi connectivity index (χ2n) is 5.77. The maximum absolute atomic E-state index is 13.2. The first-order valence-electron chi connectivity index (χ1n) is 8.62. The lowest BCUT2D eigenvalue weighted by atomic mass is 10.0. The van der Waals surface area contributed by atoms with Crippen molar-refractivity contribution < 1.29 is 46.9 Å². The third kappa shape index (κ3) is 6.88. The second-order valence-corrected chi connectivity index (χ2v) is 8.02. The Bertz CT molecular complexity index is 568. The van der Waals surface area contributed by atoms with Crippen LogP contribution in [-0.2, 0) is 46.9 Å². The van der Waals surface area contributed by atoms with E-state index < -0.39 is 49.5 Å². The Morgan fingerprint density at radius 1 is 0.926 bits per heavy atom. The average molecular weight is 410 g/mol. The lowest BCUT2D eigenvalue weighted by Gasteiger charge is -2.42. The lowest BCUT2D eigenvalue weighted by molar-refractivity contribution is -0.200. The van der Waals surface area contributed by atoms with Crippen LogP contribution in [0, 0.1) is 0 Å². The van der Waals surface area contributed by atoms with Crippen LogP contribution in [0.3, 0.4) is 0 Å². The minimum atomic E-state index is -3.75. The molecule has 0 amide bonds. The molecule has 0 aromatic heterocycles. The Labute approximate surface area is 158 Å². The smallest absolute Gasteiger partial charge is 0.339 e. The zero-order valence-corrected chi connectivity index (χ0v) is 17.1. The van der Waals surface area contributed by atoms with E-state index in [1.807, 2.05) is 0 Å². The highest BCUT2D eigenvalue weighted by Gasteiger charge is 2.54. The molecule has 1 heterocycles. The molecule has 10 nitrogen and oxygen atoms in total. The van der Waals surface area contributed by atoms with Crippen molar-refractivity contribution in [3.05, 3.63) is 0 Å². The van der Waals surface area contributed by atoms with E-state index in [9.17, 15) is 18.9 Å². The molecule has 1 aliphatic rings. The Morgan fingerprint density at radius 2 is 1.44 bits per heavy atom. The molecule has 0 unspecified atom stereocenters. The molecular formula is C16H27O10P. The van der Waals surface area contributed by atoms with E-state index in [-0.39, 0.29) is 26.4 Å². The minimum Gasteiger partial charge on any atom is -0.463 e. The van der Waals surface area contributed by atoms with Crippen molar-refractivity contribution in [1.29, 1.82) is 0 Å². The molecule has 0 spiro atoms. The summed E-state index contributed by atoms with van der Waals surface area (Å²) in [7, 11) is -3.75. The van der Waals surface area contributed by atoms with Crippen molar-refractivity contribution in [2.75, 3.05) is 26.4 Å². The highest BCUT2D eigenvalue weighted by molar-refractivity contribution is 7.54. The first-order chi connectivity index (χ1) is 12.6. The molecule has 0 bridgehead atoms. The summed E-state index contributed by atoms with van der Waals surface area (Å²) in [4.78, 5) is 34.3. The maximum atomic E-state index is 13.2. The predicted octanol–water partition coefficient (Wildman–Crippen LogP) is 1.45. The van der Waals surface area contributed by atoms with Crippen LogP contribution >= 0.6 is 7.60 Å². The molecule has 1 saturated heterocycles. The quantitative estimate of drug-likeness (QED) is 0.313. The van der Waals surface area contributed by atoms with Gasteiger partial charge in [-0.25, -0.2) is 0 Å². The third-order valence-electron chi connectivity index (χ3n) is 3.63. The van der Waals surface area contributed by atoms with Gasteiger partial charge in [0.25, 0.3) is 0 Å². The lowest BCUT2D eigenvalue weighted by Crippen LogP contribution is -2.57. The molecule has 0 N–H and O–H groups in total. The maximum Gasteiger partial charge on any atom is 0.339 e. The minimum absolute atomic E-state index is 0.0929. The van der Waals surface area contributed by atoms with Crippen LogP contribution in [0.25, 0.3) is 0 Å². The predicted molar refractivity (Wildman–Crippen MR) is 92.1 cm³/mol. The number of hydrogen-bond donors (Lipinski definition) is 0. The Kier molecular flexibility index (Phi) is 9.38. The van der Waals surface area contributed by atoms with E-state index in [0.717, 1.165) is 0 Å². The standard InChI is InChI=1S/C16H27O10P/c1-6-23-27(20,24-7-2)14-9-22-13(8-21-10(3)17)15(25-11(4)18)16(14)26-12(5)19/h13-16H,6-9H2,1-5H3/t13-,14+,15-,16-/m1/s1. The SMILES string of the molecule is CCOP(=O)(OCC)[C@H]1CO[C@H](COC(C)=O)[C@@H](OC(C)=O)[C@@H]1OC(C)=O. The molecule has 1 rings (SSSR count). The number of hydrogen-bond acceptors (Lipinski definition) is 10. The molecule has 0 saturated carbocycles. The molecule has 0 radical (unpaired) electrons. The van der Waals surface area contributed by atoms with Gasteiger partial charge in [0.2, 0.25) is 0 Å². The number of carbonyl (C=O) groups is 3. The topological polar surface area (TPSA) is 124 Å². The van der Waals surface area contributed by atoms with Gasteiger partial charge in [-0.15, -0.1) is 0 Å². The van der Waals surface area contributed by atoms with Gasteiger partial charge in [0.1, 0.15) is 18.4 Å². The van der Waals surface area contributed by atoms with Crippen molar-refractivity contribution in [1.82, 2.24) is 0 Å². The van der Waals surface area contributed by atoms with Gasteiger partial charge >= 0.3 is 25.5 Å². The van der Waals surface area contributed by atoms with Crippen LogP contribution < -0.4 is 0 Å². The van der Waals surface area contributed by atoms with E-state index in [4.69, 9.17) is 28.0 Å². The summed E-state index contributed by atoms with van der Waals surface area (Å²) in [6.45, 7) is 6.63. The summed E-state index contributed by atoms with van der Waals surface area (Å²) in [5.74, 6) is -1.90. The normalized spacial score (nSPS) is 25.5. The fourth-order valence-corrected chi connectivity index (χ4v) is 4.75. The zero-order valence-electron chi connectivity index (χ0n) is 16.2. The van der Waals surface area contributed by atoms with E-state index in [1.165, 1.54) is 20.8 Å². The van der Waals surface area contributed by atoms with Gasteiger partial charge in [-0.3, -0.25) is 18.9 Å². The molecule has 0 aromatic rings. The van der Waals surface area contributed by atoms with Crippen molar-refractivity contribution in [2.24, 2.45) is 0 Å². The van der Waals surface area contributed by atoms with E-state index >= 15 is 0 Å².